The average molecular weight is 375 g/mol. The van der Waals surface area contributed by atoms with E-state index in [1.165, 1.54) is 4.31 Å². The lowest BCUT2D eigenvalue weighted by Gasteiger charge is -2.39. The second-order valence-electron chi connectivity index (χ2n) is 6.36. The van der Waals surface area contributed by atoms with E-state index in [1.54, 1.807) is 18.5 Å². The normalized spacial score (nSPS) is 20.0. The van der Waals surface area contributed by atoms with Gasteiger partial charge in [-0.05, 0) is 18.7 Å². The number of aromatic amines is 1. The molecule has 0 radical (unpaired) electrons. The molecular formula is C17H21N5O3S. The average Bonchev–Trinajstić information content (AvgIpc) is 3.31. The molecule has 3 aromatic rings. The van der Waals surface area contributed by atoms with E-state index in [0.717, 1.165) is 17.8 Å². The fourth-order valence-corrected chi connectivity index (χ4v) is 4.92. The fourth-order valence-electron chi connectivity index (χ4n) is 3.45. The Hall–Kier alpha value is -2.23. The van der Waals surface area contributed by atoms with Crippen LogP contribution in [0, 0.1) is 0 Å². The van der Waals surface area contributed by atoms with E-state index in [4.69, 9.17) is 4.52 Å². The summed E-state index contributed by atoms with van der Waals surface area (Å²) >= 11 is 0. The van der Waals surface area contributed by atoms with Gasteiger partial charge in [0.15, 0.2) is 5.58 Å². The van der Waals surface area contributed by atoms with Crippen LogP contribution >= 0.6 is 0 Å². The Morgan fingerprint density at radius 1 is 1.31 bits per heavy atom. The van der Waals surface area contributed by atoms with Gasteiger partial charge in [0, 0.05) is 37.4 Å². The highest BCUT2D eigenvalue weighted by Crippen LogP contribution is 2.27. The number of aromatic nitrogens is 3. The van der Waals surface area contributed by atoms with Crippen molar-refractivity contribution in [2.45, 2.75) is 18.7 Å². The van der Waals surface area contributed by atoms with Gasteiger partial charge in [0.1, 0.15) is 17.3 Å². The van der Waals surface area contributed by atoms with Gasteiger partial charge in [-0.2, -0.15) is 4.31 Å². The maximum Gasteiger partial charge on any atom is 0.220 e. The first-order valence-corrected chi connectivity index (χ1v) is 10.2. The molecule has 26 heavy (non-hydrogen) atoms. The van der Waals surface area contributed by atoms with Crippen LogP contribution in [0.1, 0.15) is 24.5 Å². The zero-order valence-electron chi connectivity index (χ0n) is 14.5. The zero-order valence-corrected chi connectivity index (χ0v) is 15.3. The molecule has 1 aromatic carbocycles. The monoisotopic (exact) mass is 375 g/mol. The number of hydrogen-bond donors (Lipinski definition) is 1. The number of fused-ring (bicyclic) bond motifs is 1. The molecule has 1 saturated heterocycles. The third kappa shape index (κ3) is 3.13. The van der Waals surface area contributed by atoms with E-state index in [0.29, 0.717) is 30.9 Å². The lowest BCUT2D eigenvalue weighted by Crippen LogP contribution is -2.50. The Bertz CT molecular complexity index is 983. The van der Waals surface area contributed by atoms with E-state index < -0.39 is 10.0 Å². The number of imidazole rings is 1. The van der Waals surface area contributed by atoms with Gasteiger partial charge >= 0.3 is 0 Å². The van der Waals surface area contributed by atoms with Crippen LogP contribution in [0.25, 0.3) is 11.0 Å². The molecule has 0 bridgehead atoms. The molecule has 8 nitrogen and oxygen atoms in total. The number of hydrogen-bond acceptors (Lipinski definition) is 6. The number of nitrogens with one attached hydrogen (secondary N) is 1. The zero-order chi connectivity index (χ0) is 18.1. The molecule has 0 saturated carbocycles. The highest BCUT2D eigenvalue weighted by atomic mass is 32.2. The maximum absolute atomic E-state index is 13.0. The number of nitrogens with zero attached hydrogens (tertiary/aromatic N) is 4. The predicted molar refractivity (Wildman–Crippen MR) is 96.8 cm³/mol. The van der Waals surface area contributed by atoms with E-state index >= 15 is 0 Å². The molecule has 0 spiro atoms. The molecule has 0 aliphatic carbocycles. The number of sulfonamides is 1. The van der Waals surface area contributed by atoms with Gasteiger partial charge in [0.05, 0.1) is 6.04 Å². The van der Waals surface area contributed by atoms with Gasteiger partial charge in [0.25, 0.3) is 0 Å². The summed E-state index contributed by atoms with van der Waals surface area (Å²) in [4.78, 5) is 9.67. The van der Waals surface area contributed by atoms with E-state index in [9.17, 15) is 8.42 Å². The first-order chi connectivity index (χ1) is 12.6. The van der Waals surface area contributed by atoms with Crippen LogP contribution in [0.2, 0.25) is 0 Å². The van der Waals surface area contributed by atoms with Crippen LogP contribution in [0.15, 0.2) is 41.2 Å². The SMILES string of the molecule is CCN1CCN(S(=O)(=O)Cc2noc3ccccc23)CC1c1ncc[nH]1. The fraction of sp³-hybridized carbons (Fsp3) is 0.412. The van der Waals surface area contributed by atoms with E-state index in [-0.39, 0.29) is 11.8 Å². The molecule has 1 atom stereocenters. The summed E-state index contributed by atoms with van der Waals surface area (Å²) < 4.78 is 32.8. The quantitative estimate of drug-likeness (QED) is 0.730. The third-order valence-electron chi connectivity index (χ3n) is 4.86. The molecule has 1 aliphatic rings. The van der Waals surface area contributed by atoms with Crippen molar-refractivity contribution in [3.63, 3.8) is 0 Å². The Kier molecular flexibility index (Phi) is 4.51. The van der Waals surface area contributed by atoms with Gasteiger partial charge < -0.3 is 9.51 Å². The number of H-pyrrole nitrogens is 1. The van der Waals surface area contributed by atoms with Crippen molar-refractivity contribution in [2.24, 2.45) is 0 Å². The minimum atomic E-state index is -3.51. The van der Waals surface area contributed by atoms with Crippen molar-refractivity contribution in [3.05, 3.63) is 48.2 Å². The summed E-state index contributed by atoms with van der Waals surface area (Å²) in [5, 5.41) is 4.71. The van der Waals surface area contributed by atoms with Crippen molar-refractivity contribution in [1.29, 1.82) is 0 Å². The lowest BCUT2D eigenvalue weighted by atomic mass is 10.2. The van der Waals surface area contributed by atoms with Crippen molar-refractivity contribution >= 4 is 21.0 Å². The molecule has 1 unspecified atom stereocenters. The van der Waals surface area contributed by atoms with Crippen molar-refractivity contribution < 1.29 is 12.9 Å². The topological polar surface area (TPSA) is 95.3 Å². The minimum Gasteiger partial charge on any atom is -0.356 e. The van der Waals surface area contributed by atoms with Crippen LogP contribution in [-0.4, -0.2) is 58.9 Å². The van der Waals surface area contributed by atoms with Gasteiger partial charge in [-0.3, -0.25) is 4.90 Å². The Morgan fingerprint density at radius 3 is 2.92 bits per heavy atom. The molecule has 4 rings (SSSR count). The lowest BCUT2D eigenvalue weighted by molar-refractivity contribution is 0.119. The number of para-hydroxylation sites is 1. The van der Waals surface area contributed by atoms with Crippen molar-refractivity contribution in [2.75, 3.05) is 26.2 Å². The first-order valence-electron chi connectivity index (χ1n) is 8.63. The predicted octanol–water partition coefficient (Wildman–Crippen LogP) is 1.76. The summed E-state index contributed by atoms with van der Waals surface area (Å²) in [6, 6.07) is 7.22. The maximum atomic E-state index is 13.0. The second-order valence-corrected chi connectivity index (χ2v) is 8.33. The molecule has 138 valence electrons. The van der Waals surface area contributed by atoms with Gasteiger partial charge in [-0.25, -0.2) is 13.4 Å². The number of piperazine rings is 1. The molecule has 1 fully saturated rings. The van der Waals surface area contributed by atoms with Gasteiger partial charge in [0.2, 0.25) is 10.0 Å². The van der Waals surface area contributed by atoms with Gasteiger partial charge in [-0.15, -0.1) is 0 Å². The smallest absolute Gasteiger partial charge is 0.220 e. The molecular weight excluding hydrogens is 354 g/mol. The highest BCUT2D eigenvalue weighted by molar-refractivity contribution is 7.88. The molecule has 1 N–H and O–H groups in total. The standard InChI is InChI=1S/C17H21N5O3S/c1-2-21-9-10-22(11-15(21)17-18-7-8-19-17)26(23,24)12-14-13-5-3-4-6-16(13)25-20-14/h3-8,15H,2,9-12H2,1H3,(H,18,19). The van der Waals surface area contributed by atoms with Crippen LogP contribution in [0.5, 0.6) is 0 Å². The number of benzene rings is 1. The molecule has 3 heterocycles. The van der Waals surface area contributed by atoms with Gasteiger partial charge in [-0.1, -0.05) is 24.2 Å². The molecule has 1 aliphatic heterocycles. The van der Waals surface area contributed by atoms with Crippen molar-refractivity contribution in [1.82, 2.24) is 24.3 Å². The Labute approximate surface area is 151 Å². The summed E-state index contributed by atoms with van der Waals surface area (Å²) in [6.07, 6.45) is 3.45. The van der Waals surface area contributed by atoms with E-state index in [1.807, 2.05) is 18.2 Å². The van der Waals surface area contributed by atoms with Crippen LogP contribution in [0.3, 0.4) is 0 Å². The molecule has 0 amide bonds. The first kappa shape index (κ1) is 17.2. The van der Waals surface area contributed by atoms with Crippen molar-refractivity contribution in [3.8, 4) is 0 Å². The number of rotatable bonds is 5. The highest BCUT2D eigenvalue weighted by Gasteiger charge is 2.35. The Balaban J connectivity index is 1.57. The summed E-state index contributed by atoms with van der Waals surface area (Å²) in [5.41, 5.74) is 1.05. The van der Waals surface area contributed by atoms with E-state index in [2.05, 4.69) is 26.9 Å². The third-order valence-corrected chi connectivity index (χ3v) is 6.62. The molecule has 9 heteroatoms. The van der Waals surface area contributed by atoms with Crippen LogP contribution in [-0.2, 0) is 15.8 Å². The largest absolute Gasteiger partial charge is 0.356 e. The minimum absolute atomic E-state index is 0.0763. The van der Waals surface area contributed by atoms with Crippen LogP contribution in [0.4, 0.5) is 0 Å². The summed E-state index contributed by atoms with van der Waals surface area (Å²) in [7, 11) is -3.51. The summed E-state index contributed by atoms with van der Waals surface area (Å²) in [5.74, 6) is 0.625. The number of likely N-dealkylation sites (N-methyl/N-ethyl adjacent to an activating group) is 1. The Morgan fingerprint density at radius 2 is 2.15 bits per heavy atom. The molecule has 2 aromatic heterocycles. The summed E-state index contributed by atoms with van der Waals surface area (Å²) in [6.45, 7) is 4.41. The van der Waals surface area contributed by atoms with Crippen LogP contribution < -0.4 is 0 Å². The second kappa shape index (κ2) is 6.82.